The molecule has 2 heterocycles. The first-order chi connectivity index (χ1) is 15.3. The van der Waals surface area contributed by atoms with Gasteiger partial charge in [-0.25, -0.2) is 13.2 Å². The van der Waals surface area contributed by atoms with Gasteiger partial charge in [-0.2, -0.15) is 4.31 Å². The Morgan fingerprint density at radius 1 is 1.03 bits per heavy atom. The maximum absolute atomic E-state index is 13.1. The molecule has 0 aliphatic carbocycles. The van der Waals surface area contributed by atoms with Crippen molar-refractivity contribution in [2.75, 3.05) is 24.5 Å². The first-order valence-corrected chi connectivity index (χ1v) is 12.3. The Bertz CT molecular complexity index is 1100. The minimum absolute atomic E-state index is 0.00668. The summed E-state index contributed by atoms with van der Waals surface area (Å²) in [6, 6.07) is 14.1. The van der Waals surface area contributed by atoms with E-state index in [4.69, 9.17) is 5.73 Å². The number of carbonyl (C=O) groups is 2. The van der Waals surface area contributed by atoms with Crippen LogP contribution in [0.4, 0.5) is 10.5 Å². The summed E-state index contributed by atoms with van der Waals surface area (Å²) in [7, 11) is -3.63. The third-order valence-corrected chi connectivity index (χ3v) is 8.05. The Morgan fingerprint density at radius 3 is 2.44 bits per heavy atom. The first kappa shape index (κ1) is 22.3. The van der Waals surface area contributed by atoms with Crippen LogP contribution in [-0.2, 0) is 27.7 Å². The van der Waals surface area contributed by atoms with E-state index < -0.39 is 16.1 Å². The van der Waals surface area contributed by atoms with Crippen LogP contribution in [0.5, 0.6) is 0 Å². The molecule has 32 heavy (non-hydrogen) atoms. The number of sulfonamides is 1. The minimum atomic E-state index is -3.63. The summed E-state index contributed by atoms with van der Waals surface area (Å²) in [5.74, 6) is -0.00668. The summed E-state index contributed by atoms with van der Waals surface area (Å²) in [4.78, 5) is 25.5. The molecular formula is C23H28N4O4S. The van der Waals surface area contributed by atoms with E-state index in [1.165, 1.54) is 15.3 Å². The normalized spacial score (nSPS) is 17.2. The molecule has 0 atom stereocenters. The van der Waals surface area contributed by atoms with Gasteiger partial charge in [0.05, 0.1) is 4.90 Å². The Labute approximate surface area is 188 Å². The first-order valence-electron chi connectivity index (χ1n) is 10.9. The minimum Gasteiger partial charge on any atom is -0.353 e. The van der Waals surface area contributed by atoms with Crippen molar-refractivity contribution in [3.63, 3.8) is 0 Å². The lowest BCUT2D eigenvalue weighted by atomic mass is 10.1. The van der Waals surface area contributed by atoms with Crippen LogP contribution in [0.3, 0.4) is 0 Å². The molecule has 1 fully saturated rings. The third kappa shape index (κ3) is 4.78. The number of nitrogens with two attached hydrogens (primary N) is 1. The number of hydrogen-bond donors (Lipinski definition) is 2. The lowest BCUT2D eigenvalue weighted by Gasteiger charge is -2.31. The number of hydrogen-bond acceptors (Lipinski definition) is 4. The van der Waals surface area contributed by atoms with Crippen molar-refractivity contribution in [2.45, 2.75) is 43.0 Å². The molecule has 0 aromatic heterocycles. The maximum atomic E-state index is 13.1. The molecular weight excluding hydrogens is 428 g/mol. The predicted molar refractivity (Wildman–Crippen MR) is 122 cm³/mol. The fourth-order valence-corrected chi connectivity index (χ4v) is 5.88. The van der Waals surface area contributed by atoms with Crippen molar-refractivity contribution in [1.29, 1.82) is 0 Å². The largest absolute Gasteiger partial charge is 0.353 e. The van der Waals surface area contributed by atoms with Gasteiger partial charge in [-0.1, -0.05) is 30.3 Å². The van der Waals surface area contributed by atoms with Gasteiger partial charge in [0.2, 0.25) is 15.9 Å². The molecule has 4 rings (SSSR count). The molecule has 2 aliphatic heterocycles. The highest BCUT2D eigenvalue weighted by Crippen LogP contribution is 2.31. The molecule has 2 aromatic rings. The van der Waals surface area contributed by atoms with Gasteiger partial charge in [-0.15, -0.1) is 0 Å². The van der Waals surface area contributed by atoms with Gasteiger partial charge in [0.1, 0.15) is 0 Å². The highest BCUT2D eigenvalue weighted by atomic mass is 32.2. The average Bonchev–Trinajstić information content (AvgIpc) is 3.22. The fourth-order valence-electron chi connectivity index (χ4n) is 4.36. The highest BCUT2D eigenvalue weighted by molar-refractivity contribution is 7.89. The Kier molecular flexibility index (Phi) is 6.48. The van der Waals surface area contributed by atoms with E-state index in [0.717, 1.165) is 11.1 Å². The highest BCUT2D eigenvalue weighted by Gasteiger charge is 2.31. The van der Waals surface area contributed by atoms with Crippen molar-refractivity contribution in [2.24, 2.45) is 5.73 Å². The molecule has 3 amide bonds. The van der Waals surface area contributed by atoms with Gasteiger partial charge in [0, 0.05) is 37.8 Å². The zero-order valence-corrected chi connectivity index (χ0v) is 18.7. The van der Waals surface area contributed by atoms with Crippen LogP contribution >= 0.6 is 0 Å². The van der Waals surface area contributed by atoms with Crippen LogP contribution in [-0.4, -0.2) is 50.3 Å². The fraction of sp³-hybridized carbons (Fsp3) is 0.391. The Hall–Kier alpha value is -2.91. The smallest absolute Gasteiger partial charge is 0.319 e. The summed E-state index contributed by atoms with van der Waals surface area (Å²) < 4.78 is 27.7. The van der Waals surface area contributed by atoms with Crippen LogP contribution < -0.4 is 16.0 Å². The summed E-state index contributed by atoms with van der Waals surface area (Å²) in [6.45, 7) is 1.18. The quantitative estimate of drug-likeness (QED) is 0.692. The molecule has 2 aromatic carbocycles. The second-order valence-corrected chi connectivity index (χ2v) is 10.2. The number of benzene rings is 2. The standard InChI is InChI=1S/C23H28N4O4S/c24-23(29)27-15-10-18-16-20(7-8-21(18)27)32(30,31)26-13-11-19(12-14-26)25-22(28)9-6-17-4-2-1-3-5-17/h1-5,7-8,16,19H,6,9-15H2,(H2,24,29)(H,25,28). The number of nitrogens with zero attached hydrogens (tertiary/aromatic N) is 2. The molecule has 0 unspecified atom stereocenters. The zero-order chi connectivity index (χ0) is 22.7. The monoisotopic (exact) mass is 456 g/mol. The van der Waals surface area contributed by atoms with E-state index in [2.05, 4.69) is 5.32 Å². The summed E-state index contributed by atoms with van der Waals surface area (Å²) in [5, 5.41) is 3.04. The zero-order valence-electron chi connectivity index (χ0n) is 17.9. The Morgan fingerprint density at radius 2 is 1.75 bits per heavy atom. The number of urea groups is 1. The number of carbonyl (C=O) groups excluding carboxylic acids is 2. The van der Waals surface area contributed by atoms with Gasteiger partial charge < -0.3 is 11.1 Å². The average molecular weight is 457 g/mol. The number of rotatable bonds is 6. The van der Waals surface area contributed by atoms with Gasteiger partial charge in [0.25, 0.3) is 0 Å². The van der Waals surface area contributed by atoms with E-state index in [9.17, 15) is 18.0 Å². The molecule has 9 heteroatoms. The second kappa shape index (κ2) is 9.30. The predicted octanol–water partition coefficient (Wildman–Crippen LogP) is 2.03. The van der Waals surface area contributed by atoms with Crippen molar-refractivity contribution >= 4 is 27.6 Å². The van der Waals surface area contributed by atoms with Crippen LogP contribution in [0.1, 0.15) is 30.4 Å². The third-order valence-electron chi connectivity index (χ3n) is 6.15. The van der Waals surface area contributed by atoms with Crippen LogP contribution in [0.15, 0.2) is 53.4 Å². The van der Waals surface area contributed by atoms with E-state index >= 15 is 0 Å². The summed E-state index contributed by atoms with van der Waals surface area (Å²) in [6.07, 6.45) is 2.84. The molecule has 170 valence electrons. The molecule has 0 radical (unpaired) electrons. The molecule has 8 nitrogen and oxygen atoms in total. The van der Waals surface area contributed by atoms with E-state index in [-0.39, 0.29) is 16.8 Å². The number of fused-ring (bicyclic) bond motifs is 1. The van der Waals surface area contributed by atoms with Gasteiger partial charge in [0.15, 0.2) is 0 Å². The SMILES string of the molecule is NC(=O)N1CCc2cc(S(=O)(=O)N3CCC(NC(=O)CCc4ccccc4)CC3)ccc21. The second-order valence-electron chi connectivity index (χ2n) is 8.26. The Balaban J connectivity index is 1.32. The van der Waals surface area contributed by atoms with Crippen molar-refractivity contribution in [3.05, 3.63) is 59.7 Å². The molecule has 2 aliphatic rings. The number of amides is 3. The van der Waals surface area contributed by atoms with Crippen LogP contribution in [0.25, 0.3) is 0 Å². The van der Waals surface area contributed by atoms with Gasteiger partial charge >= 0.3 is 6.03 Å². The number of anilines is 1. The topological polar surface area (TPSA) is 113 Å². The number of aryl methyl sites for hydroxylation is 1. The summed E-state index contributed by atoms with van der Waals surface area (Å²) in [5.41, 5.74) is 7.99. The van der Waals surface area contributed by atoms with Gasteiger partial charge in [-0.05, 0) is 55.0 Å². The molecule has 1 saturated heterocycles. The lowest BCUT2D eigenvalue weighted by molar-refractivity contribution is -0.122. The van der Waals surface area contributed by atoms with E-state index in [1.54, 1.807) is 12.1 Å². The van der Waals surface area contributed by atoms with Crippen molar-refractivity contribution in [3.8, 4) is 0 Å². The van der Waals surface area contributed by atoms with E-state index in [0.29, 0.717) is 57.4 Å². The molecule has 0 bridgehead atoms. The number of nitrogens with one attached hydrogen (secondary N) is 1. The van der Waals surface area contributed by atoms with Crippen molar-refractivity contribution < 1.29 is 18.0 Å². The number of piperidine rings is 1. The van der Waals surface area contributed by atoms with Gasteiger partial charge in [-0.3, -0.25) is 9.69 Å². The van der Waals surface area contributed by atoms with Crippen LogP contribution in [0, 0.1) is 0 Å². The van der Waals surface area contributed by atoms with E-state index in [1.807, 2.05) is 30.3 Å². The maximum Gasteiger partial charge on any atom is 0.319 e. The molecule has 3 N–H and O–H groups in total. The number of primary amides is 1. The lowest BCUT2D eigenvalue weighted by Crippen LogP contribution is -2.46. The van der Waals surface area contributed by atoms with Crippen LogP contribution in [0.2, 0.25) is 0 Å². The molecule has 0 spiro atoms. The van der Waals surface area contributed by atoms with Crippen molar-refractivity contribution in [1.82, 2.24) is 9.62 Å². The molecule has 0 saturated carbocycles. The summed E-state index contributed by atoms with van der Waals surface area (Å²) >= 11 is 0.